The standard InChI is InChI=1S/C13H21ClN2O2S/c1-4-13(5-2,6-3)16-19(17,18)12-9-10(15)7-8-11(12)14/h7-9,16H,4-6,15H2,1-3H3. The topological polar surface area (TPSA) is 72.2 Å². The molecular formula is C13H21ClN2O2S. The Labute approximate surface area is 120 Å². The molecular weight excluding hydrogens is 284 g/mol. The average Bonchev–Trinajstić information content (AvgIpc) is 2.39. The zero-order chi connectivity index (χ0) is 14.7. The molecule has 0 spiro atoms. The quantitative estimate of drug-likeness (QED) is 0.793. The minimum atomic E-state index is -3.67. The highest BCUT2D eigenvalue weighted by molar-refractivity contribution is 7.89. The summed E-state index contributed by atoms with van der Waals surface area (Å²) >= 11 is 5.96. The molecule has 3 N–H and O–H groups in total. The molecule has 0 aliphatic heterocycles. The summed E-state index contributed by atoms with van der Waals surface area (Å²) in [5.41, 5.74) is 5.57. The highest BCUT2D eigenvalue weighted by Crippen LogP contribution is 2.27. The van der Waals surface area contributed by atoms with E-state index in [9.17, 15) is 8.42 Å². The van der Waals surface area contributed by atoms with Gasteiger partial charge in [0.25, 0.3) is 0 Å². The van der Waals surface area contributed by atoms with Crippen LogP contribution in [0.1, 0.15) is 40.0 Å². The number of sulfonamides is 1. The smallest absolute Gasteiger partial charge is 0.242 e. The molecule has 6 heteroatoms. The Morgan fingerprint density at radius 1 is 1.21 bits per heavy atom. The van der Waals surface area contributed by atoms with Gasteiger partial charge in [-0.05, 0) is 37.5 Å². The summed E-state index contributed by atoms with van der Waals surface area (Å²) in [5, 5.41) is 0.180. The van der Waals surface area contributed by atoms with E-state index in [4.69, 9.17) is 17.3 Å². The van der Waals surface area contributed by atoms with Gasteiger partial charge in [-0.15, -0.1) is 0 Å². The van der Waals surface area contributed by atoms with Crippen LogP contribution in [0.3, 0.4) is 0 Å². The second kappa shape index (κ2) is 6.11. The lowest BCUT2D eigenvalue weighted by molar-refractivity contribution is 0.341. The number of hydrogen-bond donors (Lipinski definition) is 2. The molecule has 4 nitrogen and oxygen atoms in total. The van der Waals surface area contributed by atoms with Crippen molar-refractivity contribution in [3.63, 3.8) is 0 Å². The summed E-state index contributed by atoms with van der Waals surface area (Å²) in [4.78, 5) is 0.0360. The lowest BCUT2D eigenvalue weighted by atomic mass is 9.91. The Hall–Kier alpha value is -0.780. The molecule has 0 fully saturated rings. The van der Waals surface area contributed by atoms with Gasteiger partial charge < -0.3 is 5.73 Å². The lowest BCUT2D eigenvalue weighted by Gasteiger charge is -2.31. The molecule has 0 aliphatic carbocycles. The second-order valence-electron chi connectivity index (χ2n) is 4.64. The predicted octanol–water partition coefficient (Wildman–Crippen LogP) is 3.17. The van der Waals surface area contributed by atoms with Crippen LogP contribution >= 0.6 is 11.6 Å². The third kappa shape index (κ3) is 3.61. The molecule has 19 heavy (non-hydrogen) atoms. The van der Waals surface area contributed by atoms with E-state index >= 15 is 0 Å². The van der Waals surface area contributed by atoms with Crippen LogP contribution in [0, 0.1) is 0 Å². The molecule has 0 bridgehead atoms. The summed E-state index contributed by atoms with van der Waals surface area (Å²) < 4.78 is 27.7. The van der Waals surface area contributed by atoms with Crippen molar-refractivity contribution in [3.8, 4) is 0 Å². The third-order valence-corrected chi connectivity index (χ3v) is 5.69. The summed E-state index contributed by atoms with van der Waals surface area (Å²) in [6, 6.07) is 4.46. The summed E-state index contributed by atoms with van der Waals surface area (Å²) in [6.45, 7) is 5.91. The van der Waals surface area contributed by atoms with Gasteiger partial charge >= 0.3 is 0 Å². The van der Waals surface area contributed by atoms with Crippen molar-refractivity contribution in [1.82, 2.24) is 4.72 Å². The van der Waals surface area contributed by atoms with Crippen molar-refractivity contribution >= 4 is 27.3 Å². The lowest BCUT2D eigenvalue weighted by Crippen LogP contribution is -2.47. The number of nitrogens with two attached hydrogens (primary N) is 1. The van der Waals surface area contributed by atoms with Gasteiger partial charge in [0.15, 0.2) is 0 Å². The van der Waals surface area contributed by atoms with E-state index in [1.165, 1.54) is 12.1 Å². The van der Waals surface area contributed by atoms with Gasteiger partial charge in [-0.2, -0.15) is 0 Å². The van der Waals surface area contributed by atoms with Crippen molar-refractivity contribution < 1.29 is 8.42 Å². The minimum absolute atomic E-state index is 0.0360. The average molecular weight is 305 g/mol. The molecule has 1 aromatic rings. The number of anilines is 1. The van der Waals surface area contributed by atoms with Crippen LogP contribution in [-0.4, -0.2) is 14.0 Å². The summed E-state index contributed by atoms with van der Waals surface area (Å²) in [6.07, 6.45) is 2.16. The predicted molar refractivity (Wildman–Crippen MR) is 79.8 cm³/mol. The van der Waals surface area contributed by atoms with Crippen LogP contribution in [0.5, 0.6) is 0 Å². The number of rotatable bonds is 6. The van der Waals surface area contributed by atoms with Gasteiger partial charge in [-0.3, -0.25) is 0 Å². The SMILES string of the molecule is CCC(CC)(CC)NS(=O)(=O)c1cc(N)ccc1Cl. The van der Waals surface area contributed by atoms with Crippen molar-refractivity contribution in [2.24, 2.45) is 0 Å². The number of halogens is 1. The van der Waals surface area contributed by atoms with Gasteiger partial charge in [0.05, 0.1) is 5.02 Å². The minimum Gasteiger partial charge on any atom is -0.399 e. The van der Waals surface area contributed by atoms with E-state index in [2.05, 4.69) is 4.72 Å². The van der Waals surface area contributed by atoms with E-state index in [-0.39, 0.29) is 9.92 Å². The van der Waals surface area contributed by atoms with Crippen molar-refractivity contribution in [3.05, 3.63) is 23.2 Å². The highest BCUT2D eigenvalue weighted by atomic mass is 35.5. The normalized spacial score (nSPS) is 12.6. The fraction of sp³-hybridized carbons (Fsp3) is 0.538. The van der Waals surface area contributed by atoms with Crippen LogP contribution in [0.25, 0.3) is 0 Å². The van der Waals surface area contributed by atoms with Crippen molar-refractivity contribution in [2.45, 2.75) is 50.5 Å². The maximum Gasteiger partial charge on any atom is 0.242 e. The van der Waals surface area contributed by atoms with Gasteiger partial charge in [0, 0.05) is 11.2 Å². The second-order valence-corrected chi connectivity index (χ2v) is 6.69. The molecule has 1 rings (SSSR count). The Bertz CT molecular complexity index is 531. The van der Waals surface area contributed by atoms with E-state index in [0.29, 0.717) is 5.69 Å². The van der Waals surface area contributed by atoms with Gasteiger partial charge in [0.2, 0.25) is 10.0 Å². The Kier molecular flexibility index (Phi) is 5.24. The first kappa shape index (κ1) is 16.3. The van der Waals surface area contributed by atoms with Crippen LogP contribution in [0.15, 0.2) is 23.1 Å². The highest BCUT2D eigenvalue weighted by Gasteiger charge is 2.31. The molecule has 0 saturated carbocycles. The van der Waals surface area contributed by atoms with Crippen molar-refractivity contribution in [1.29, 1.82) is 0 Å². The number of nitrogens with one attached hydrogen (secondary N) is 1. The molecule has 0 saturated heterocycles. The first-order chi connectivity index (χ1) is 8.80. The first-order valence-electron chi connectivity index (χ1n) is 6.39. The van der Waals surface area contributed by atoms with Crippen LogP contribution < -0.4 is 10.5 Å². The van der Waals surface area contributed by atoms with E-state index in [1.807, 2.05) is 20.8 Å². The van der Waals surface area contributed by atoms with Crippen LogP contribution in [0.4, 0.5) is 5.69 Å². The largest absolute Gasteiger partial charge is 0.399 e. The Balaban J connectivity index is 3.21. The van der Waals surface area contributed by atoms with Crippen LogP contribution in [-0.2, 0) is 10.0 Å². The summed E-state index contributed by atoms with van der Waals surface area (Å²) in [7, 11) is -3.67. The van der Waals surface area contributed by atoms with E-state index in [1.54, 1.807) is 6.07 Å². The maximum atomic E-state index is 12.4. The molecule has 0 amide bonds. The Morgan fingerprint density at radius 3 is 2.21 bits per heavy atom. The Morgan fingerprint density at radius 2 is 1.74 bits per heavy atom. The molecule has 0 aromatic heterocycles. The zero-order valence-corrected chi connectivity index (χ0v) is 13.1. The van der Waals surface area contributed by atoms with Gasteiger partial charge in [-0.1, -0.05) is 32.4 Å². The number of nitrogen functional groups attached to an aromatic ring is 1. The fourth-order valence-corrected chi connectivity index (χ4v) is 4.18. The van der Waals surface area contributed by atoms with Crippen molar-refractivity contribution in [2.75, 3.05) is 5.73 Å². The first-order valence-corrected chi connectivity index (χ1v) is 8.25. The zero-order valence-electron chi connectivity index (χ0n) is 11.5. The van der Waals surface area contributed by atoms with Gasteiger partial charge in [0.1, 0.15) is 4.90 Å². The monoisotopic (exact) mass is 304 g/mol. The summed E-state index contributed by atoms with van der Waals surface area (Å²) in [5.74, 6) is 0. The third-order valence-electron chi connectivity index (χ3n) is 3.63. The molecule has 1 aromatic carbocycles. The van der Waals surface area contributed by atoms with E-state index < -0.39 is 15.6 Å². The number of benzene rings is 1. The van der Waals surface area contributed by atoms with Gasteiger partial charge in [-0.25, -0.2) is 13.1 Å². The molecule has 108 valence electrons. The molecule has 0 heterocycles. The van der Waals surface area contributed by atoms with Crippen LogP contribution in [0.2, 0.25) is 5.02 Å². The maximum absolute atomic E-state index is 12.4. The molecule has 0 unspecified atom stereocenters. The molecule has 0 aliphatic rings. The number of hydrogen-bond acceptors (Lipinski definition) is 3. The van der Waals surface area contributed by atoms with E-state index in [0.717, 1.165) is 19.3 Å². The molecule has 0 atom stereocenters. The fourth-order valence-electron chi connectivity index (χ4n) is 2.03. The molecule has 0 radical (unpaired) electrons.